The number of amides is 1. The molecule has 7 nitrogen and oxygen atoms in total. The van der Waals surface area contributed by atoms with Gasteiger partial charge in [-0.1, -0.05) is 12.8 Å². The van der Waals surface area contributed by atoms with Crippen LogP contribution in [-0.4, -0.2) is 23.8 Å². The predicted molar refractivity (Wildman–Crippen MR) is 101 cm³/mol. The summed E-state index contributed by atoms with van der Waals surface area (Å²) in [6.45, 7) is 0.205. The summed E-state index contributed by atoms with van der Waals surface area (Å²) in [4.78, 5) is 23.9. The number of carboxylic acid groups (broad SMARTS) is 1. The Labute approximate surface area is 162 Å². The number of carboxylic acids is 1. The standard InChI is InChI=1S/C21H21NO6/c23-20(16-3-1-2-4-17(16)21(24)25)22-13-5-7-14(8-6-13)28-15-9-10-18-19(11-15)27-12-26-18/h5-11,16-17H,1-4,12H2,(H,22,23)(H,24,25)/t16-,17+/m0/s1. The van der Waals surface area contributed by atoms with Crippen LogP contribution in [0.15, 0.2) is 42.5 Å². The Balaban J connectivity index is 1.39. The van der Waals surface area contributed by atoms with E-state index in [4.69, 9.17) is 14.2 Å². The lowest BCUT2D eigenvalue weighted by atomic mass is 9.78. The van der Waals surface area contributed by atoms with Gasteiger partial charge in [0, 0.05) is 11.8 Å². The van der Waals surface area contributed by atoms with Crippen LogP contribution in [0.2, 0.25) is 0 Å². The Morgan fingerprint density at radius 3 is 2.36 bits per heavy atom. The molecule has 2 aliphatic rings. The zero-order valence-corrected chi connectivity index (χ0v) is 15.2. The molecule has 1 fully saturated rings. The molecule has 1 amide bonds. The van der Waals surface area contributed by atoms with Gasteiger partial charge in [0.1, 0.15) is 11.5 Å². The normalized spacial score (nSPS) is 20.4. The second-order valence-electron chi connectivity index (χ2n) is 6.97. The molecule has 28 heavy (non-hydrogen) atoms. The Kier molecular flexibility index (Phi) is 5.06. The van der Waals surface area contributed by atoms with Gasteiger partial charge in [-0.25, -0.2) is 0 Å². The number of nitrogens with one attached hydrogen (secondary N) is 1. The van der Waals surface area contributed by atoms with Crippen LogP contribution in [0.4, 0.5) is 5.69 Å². The van der Waals surface area contributed by atoms with Crippen LogP contribution in [0, 0.1) is 11.8 Å². The first-order chi connectivity index (χ1) is 13.6. The number of aliphatic carboxylic acids is 1. The predicted octanol–water partition coefficient (Wildman–Crippen LogP) is 4.04. The molecule has 0 unspecified atom stereocenters. The molecule has 146 valence electrons. The highest BCUT2D eigenvalue weighted by Crippen LogP contribution is 2.37. The van der Waals surface area contributed by atoms with Gasteiger partial charge < -0.3 is 24.6 Å². The van der Waals surface area contributed by atoms with Gasteiger partial charge in [-0.05, 0) is 49.2 Å². The number of fused-ring (bicyclic) bond motifs is 1. The molecular formula is C21H21NO6. The van der Waals surface area contributed by atoms with E-state index >= 15 is 0 Å². The Hall–Kier alpha value is -3.22. The minimum absolute atomic E-state index is 0.205. The molecule has 1 heterocycles. The van der Waals surface area contributed by atoms with Gasteiger partial charge in [0.2, 0.25) is 12.7 Å². The van der Waals surface area contributed by atoms with Crippen molar-refractivity contribution in [3.8, 4) is 23.0 Å². The largest absolute Gasteiger partial charge is 0.481 e. The van der Waals surface area contributed by atoms with Crippen LogP contribution in [0.5, 0.6) is 23.0 Å². The van der Waals surface area contributed by atoms with Gasteiger partial charge in [-0.2, -0.15) is 0 Å². The Morgan fingerprint density at radius 1 is 0.929 bits per heavy atom. The molecule has 2 atom stereocenters. The molecule has 0 spiro atoms. The first-order valence-corrected chi connectivity index (χ1v) is 9.31. The van der Waals surface area contributed by atoms with E-state index in [1.165, 1.54) is 0 Å². The topological polar surface area (TPSA) is 94.1 Å². The number of ether oxygens (including phenoxy) is 3. The van der Waals surface area contributed by atoms with Crippen molar-refractivity contribution < 1.29 is 28.9 Å². The third-order valence-corrected chi connectivity index (χ3v) is 5.12. The fraction of sp³-hybridized carbons (Fsp3) is 0.333. The third-order valence-electron chi connectivity index (χ3n) is 5.12. The molecule has 0 bridgehead atoms. The Bertz CT molecular complexity index is 879. The van der Waals surface area contributed by atoms with Crippen molar-refractivity contribution in [3.05, 3.63) is 42.5 Å². The fourth-order valence-electron chi connectivity index (χ4n) is 3.66. The van der Waals surface area contributed by atoms with E-state index in [1.807, 2.05) is 0 Å². The van der Waals surface area contributed by atoms with Gasteiger partial charge in [0.05, 0.1) is 11.8 Å². The average molecular weight is 383 g/mol. The van der Waals surface area contributed by atoms with E-state index in [0.717, 1.165) is 12.8 Å². The van der Waals surface area contributed by atoms with E-state index in [9.17, 15) is 14.7 Å². The van der Waals surface area contributed by atoms with E-state index in [1.54, 1.807) is 42.5 Å². The maximum Gasteiger partial charge on any atom is 0.307 e. The van der Waals surface area contributed by atoms with Gasteiger partial charge >= 0.3 is 5.97 Å². The maximum absolute atomic E-state index is 12.5. The van der Waals surface area contributed by atoms with Gasteiger partial charge in [-0.3, -0.25) is 9.59 Å². The van der Waals surface area contributed by atoms with Crippen LogP contribution in [0.3, 0.4) is 0 Å². The summed E-state index contributed by atoms with van der Waals surface area (Å²) < 4.78 is 16.4. The van der Waals surface area contributed by atoms with E-state index in [0.29, 0.717) is 41.5 Å². The summed E-state index contributed by atoms with van der Waals surface area (Å²) >= 11 is 0. The molecule has 1 aliphatic heterocycles. The average Bonchev–Trinajstić information content (AvgIpc) is 3.17. The maximum atomic E-state index is 12.5. The van der Waals surface area contributed by atoms with Crippen LogP contribution in [-0.2, 0) is 9.59 Å². The van der Waals surface area contributed by atoms with Gasteiger partial charge in [-0.15, -0.1) is 0 Å². The molecule has 0 radical (unpaired) electrons. The summed E-state index contributed by atoms with van der Waals surface area (Å²) in [5.74, 6) is 0.321. The minimum Gasteiger partial charge on any atom is -0.481 e. The molecule has 2 aromatic carbocycles. The zero-order valence-electron chi connectivity index (χ0n) is 15.2. The smallest absolute Gasteiger partial charge is 0.307 e. The summed E-state index contributed by atoms with van der Waals surface area (Å²) in [6, 6.07) is 12.3. The molecular weight excluding hydrogens is 362 g/mol. The third kappa shape index (κ3) is 3.88. The molecule has 1 saturated carbocycles. The first-order valence-electron chi connectivity index (χ1n) is 9.31. The van der Waals surface area contributed by atoms with E-state index in [2.05, 4.69) is 5.32 Å². The number of hydrogen-bond acceptors (Lipinski definition) is 5. The van der Waals surface area contributed by atoms with E-state index < -0.39 is 17.8 Å². The number of hydrogen-bond donors (Lipinski definition) is 2. The molecule has 1 aliphatic carbocycles. The summed E-state index contributed by atoms with van der Waals surface area (Å²) in [5.41, 5.74) is 0.609. The lowest BCUT2D eigenvalue weighted by molar-refractivity contribution is -0.147. The van der Waals surface area contributed by atoms with Crippen LogP contribution < -0.4 is 19.5 Å². The molecule has 0 saturated heterocycles. The van der Waals surface area contributed by atoms with Crippen LogP contribution in [0.1, 0.15) is 25.7 Å². The van der Waals surface area contributed by atoms with Crippen LogP contribution in [0.25, 0.3) is 0 Å². The highest BCUT2D eigenvalue weighted by Gasteiger charge is 2.35. The van der Waals surface area contributed by atoms with Gasteiger partial charge in [0.15, 0.2) is 11.5 Å². The number of anilines is 1. The van der Waals surface area contributed by atoms with Crippen molar-refractivity contribution in [2.24, 2.45) is 11.8 Å². The van der Waals surface area contributed by atoms with E-state index in [-0.39, 0.29) is 12.7 Å². The first kappa shape index (κ1) is 18.2. The number of carbonyl (C=O) groups is 2. The van der Waals surface area contributed by atoms with Crippen LogP contribution >= 0.6 is 0 Å². The minimum atomic E-state index is -0.896. The highest BCUT2D eigenvalue weighted by molar-refractivity contribution is 5.95. The quantitative estimate of drug-likeness (QED) is 0.809. The second-order valence-corrected chi connectivity index (χ2v) is 6.97. The van der Waals surface area contributed by atoms with Crippen molar-refractivity contribution in [2.45, 2.75) is 25.7 Å². The van der Waals surface area contributed by atoms with Crippen molar-refractivity contribution in [1.29, 1.82) is 0 Å². The highest BCUT2D eigenvalue weighted by atomic mass is 16.7. The molecule has 2 aromatic rings. The summed E-state index contributed by atoms with van der Waals surface area (Å²) in [6.07, 6.45) is 2.89. The lowest BCUT2D eigenvalue weighted by Crippen LogP contribution is -2.36. The molecule has 0 aromatic heterocycles. The van der Waals surface area contributed by atoms with Crippen molar-refractivity contribution in [1.82, 2.24) is 0 Å². The lowest BCUT2D eigenvalue weighted by Gasteiger charge is -2.27. The SMILES string of the molecule is O=C(Nc1ccc(Oc2ccc3c(c2)OCO3)cc1)[C@H]1CCCC[C@H]1C(=O)O. The van der Waals surface area contributed by atoms with Crippen molar-refractivity contribution in [3.63, 3.8) is 0 Å². The number of carbonyl (C=O) groups excluding carboxylic acids is 1. The monoisotopic (exact) mass is 383 g/mol. The number of rotatable bonds is 5. The summed E-state index contributed by atoms with van der Waals surface area (Å²) in [7, 11) is 0. The molecule has 2 N–H and O–H groups in total. The van der Waals surface area contributed by atoms with Crippen molar-refractivity contribution in [2.75, 3.05) is 12.1 Å². The molecule has 4 rings (SSSR count). The fourth-order valence-corrected chi connectivity index (χ4v) is 3.66. The number of benzene rings is 2. The molecule has 7 heteroatoms. The Morgan fingerprint density at radius 2 is 1.61 bits per heavy atom. The van der Waals surface area contributed by atoms with Crippen molar-refractivity contribution >= 4 is 17.6 Å². The summed E-state index contributed by atoms with van der Waals surface area (Å²) in [5, 5.41) is 12.2. The second kappa shape index (κ2) is 7.80. The zero-order chi connectivity index (χ0) is 19.5. The van der Waals surface area contributed by atoms with Gasteiger partial charge in [0.25, 0.3) is 0 Å².